The quantitative estimate of drug-likeness (QED) is 0.679. The molecule has 5 heteroatoms. The highest BCUT2D eigenvalue weighted by Gasteiger charge is 2.27. The largest absolute Gasteiger partial charge is 0.352 e. The maximum Gasteiger partial charge on any atom is 0.230 e. The maximum atomic E-state index is 11.9. The SMILES string of the molecule is C[C@H]1[C@H](C)CCC[C@H]1NC(=O)CSc1ncccn1. The van der Waals surface area contributed by atoms with Crippen molar-refractivity contribution in [3.05, 3.63) is 18.5 Å². The second-order valence-electron chi connectivity index (χ2n) is 5.26. The molecule has 1 saturated carbocycles. The average molecular weight is 279 g/mol. The van der Waals surface area contributed by atoms with Crippen molar-refractivity contribution in [1.29, 1.82) is 0 Å². The minimum atomic E-state index is 0.0865. The van der Waals surface area contributed by atoms with Crippen molar-refractivity contribution < 1.29 is 4.79 Å². The molecule has 0 bridgehead atoms. The van der Waals surface area contributed by atoms with Crippen LogP contribution in [0.25, 0.3) is 0 Å². The third-order valence-electron chi connectivity index (χ3n) is 3.93. The van der Waals surface area contributed by atoms with Crippen LogP contribution in [-0.4, -0.2) is 27.7 Å². The van der Waals surface area contributed by atoms with Gasteiger partial charge in [-0.15, -0.1) is 0 Å². The molecule has 2 rings (SSSR count). The van der Waals surface area contributed by atoms with Crippen LogP contribution in [0.3, 0.4) is 0 Å². The highest BCUT2D eigenvalue weighted by Crippen LogP contribution is 2.29. The first-order valence-electron chi connectivity index (χ1n) is 6.86. The molecule has 19 heavy (non-hydrogen) atoms. The third kappa shape index (κ3) is 4.20. The Morgan fingerprint density at radius 1 is 1.37 bits per heavy atom. The molecule has 0 aromatic carbocycles. The Morgan fingerprint density at radius 2 is 2.11 bits per heavy atom. The molecule has 1 amide bonds. The monoisotopic (exact) mass is 279 g/mol. The number of hydrogen-bond donors (Lipinski definition) is 1. The molecule has 3 atom stereocenters. The maximum absolute atomic E-state index is 11.9. The summed E-state index contributed by atoms with van der Waals surface area (Å²) < 4.78 is 0. The van der Waals surface area contributed by atoms with E-state index in [0.29, 0.717) is 28.8 Å². The standard InChI is InChI=1S/C14H21N3OS/c1-10-5-3-6-12(11(10)2)17-13(18)9-19-14-15-7-4-8-16-14/h4,7-8,10-12H,3,5-6,9H2,1-2H3,(H,17,18)/t10-,11+,12-/m1/s1. The van der Waals surface area contributed by atoms with E-state index in [1.54, 1.807) is 18.5 Å². The Morgan fingerprint density at radius 3 is 2.84 bits per heavy atom. The van der Waals surface area contributed by atoms with Crippen LogP contribution in [0.1, 0.15) is 33.1 Å². The van der Waals surface area contributed by atoms with Crippen molar-refractivity contribution in [2.75, 3.05) is 5.75 Å². The predicted molar refractivity (Wildman–Crippen MR) is 76.9 cm³/mol. The lowest BCUT2D eigenvalue weighted by atomic mass is 9.78. The van der Waals surface area contributed by atoms with Crippen molar-refractivity contribution in [3.8, 4) is 0 Å². The molecule has 4 nitrogen and oxygen atoms in total. The van der Waals surface area contributed by atoms with Gasteiger partial charge in [0.1, 0.15) is 0 Å². The minimum absolute atomic E-state index is 0.0865. The second kappa shape index (κ2) is 6.89. The van der Waals surface area contributed by atoms with E-state index in [1.807, 2.05) is 0 Å². The molecule has 0 radical (unpaired) electrons. The van der Waals surface area contributed by atoms with Crippen molar-refractivity contribution in [2.24, 2.45) is 11.8 Å². The molecule has 1 aliphatic carbocycles. The van der Waals surface area contributed by atoms with E-state index in [9.17, 15) is 4.79 Å². The number of nitrogens with zero attached hydrogens (tertiary/aromatic N) is 2. The topological polar surface area (TPSA) is 54.9 Å². The van der Waals surface area contributed by atoms with Gasteiger partial charge in [0.2, 0.25) is 5.91 Å². The molecule has 1 N–H and O–H groups in total. The molecule has 1 heterocycles. The summed E-state index contributed by atoms with van der Waals surface area (Å²) in [5.74, 6) is 1.74. The van der Waals surface area contributed by atoms with Gasteiger partial charge in [0, 0.05) is 18.4 Å². The molecule has 1 aromatic rings. The number of hydrogen-bond acceptors (Lipinski definition) is 4. The van der Waals surface area contributed by atoms with Gasteiger partial charge in [0.15, 0.2) is 5.16 Å². The van der Waals surface area contributed by atoms with Gasteiger partial charge in [-0.25, -0.2) is 9.97 Å². The molecule has 1 aliphatic rings. The summed E-state index contributed by atoms with van der Waals surface area (Å²) in [4.78, 5) is 20.1. The number of carbonyl (C=O) groups is 1. The normalized spacial score (nSPS) is 26.9. The molecule has 0 unspecified atom stereocenters. The summed E-state index contributed by atoms with van der Waals surface area (Å²) >= 11 is 1.38. The zero-order valence-electron chi connectivity index (χ0n) is 11.5. The van der Waals surface area contributed by atoms with E-state index in [0.717, 1.165) is 6.42 Å². The van der Waals surface area contributed by atoms with E-state index < -0.39 is 0 Å². The number of nitrogens with one attached hydrogen (secondary N) is 1. The second-order valence-corrected chi connectivity index (χ2v) is 6.20. The fourth-order valence-electron chi connectivity index (χ4n) is 2.52. The van der Waals surface area contributed by atoms with Gasteiger partial charge in [0.05, 0.1) is 5.75 Å². The van der Waals surface area contributed by atoms with E-state index in [4.69, 9.17) is 0 Å². The van der Waals surface area contributed by atoms with Gasteiger partial charge in [-0.05, 0) is 24.3 Å². The Bertz CT molecular complexity index is 412. The van der Waals surface area contributed by atoms with E-state index in [1.165, 1.54) is 24.6 Å². The van der Waals surface area contributed by atoms with Gasteiger partial charge in [-0.3, -0.25) is 4.79 Å². The summed E-state index contributed by atoms with van der Waals surface area (Å²) in [6.07, 6.45) is 6.98. The molecular formula is C14H21N3OS. The number of rotatable bonds is 4. The molecule has 104 valence electrons. The first-order valence-corrected chi connectivity index (χ1v) is 7.84. The summed E-state index contributed by atoms with van der Waals surface area (Å²) in [5, 5.41) is 3.81. The van der Waals surface area contributed by atoms with Crippen LogP contribution < -0.4 is 5.32 Å². The van der Waals surface area contributed by atoms with Crippen LogP contribution in [0, 0.1) is 11.8 Å². The third-order valence-corrected chi connectivity index (χ3v) is 4.80. The summed E-state index contributed by atoms with van der Waals surface area (Å²) in [5.41, 5.74) is 0. The van der Waals surface area contributed by atoms with Gasteiger partial charge >= 0.3 is 0 Å². The lowest BCUT2D eigenvalue weighted by Crippen LogP contribution is -2.44. The smallest absolute Gasteiger partial charge is 0.230 e. The predicted octanol–water partition coefficient (Wildman–Crippen LogP) is 2.51. The molecule has 0 aliphatic heterocycles. The number of thioether (sulfide) groups is 1. The fraction of sp³-hybridized carbons (Fsp3) is 0.643. The fourth-order valence-corrected chi connectivity index (χ4v) is 3.14. The molecule has 1 fully saturated rings. The highest BCUT2D eigenvalue weighted by atomic mass is 32.2. The Hall–Kier alpha value is -1.10. The molecule has 0 saturated heterocycles. The lowest BCUT2D eigenvalue weighted by molar-refractivity contribution is -0.120. The molecule has 0 spiro atoms. The first-order chi connectivity index (χ1) is 9.16. The van der Waals surface area contributed by atoms with Crippen molar-refractivity contribution in [1.82, 2.24) is 15.3 Å². The van der Waals surface area contributed by atoms with E-state index >= 15 is 0 Å². The summed E-state index contributed by atoms with van der Waals surface area (Å²) in [6.45, 7) is 4.51. The molecule has 1 aromatic heterocycles. The van der Waals surface area contributed by atoms with Crippen LogP contribution >= 0.6 is 11.8 Å². The van der Waals surface area contributed by atoms with Gasteiger partial charge in [-0.2, -0.15) is 0 Å². The van der Waals surface area contributed by atoms with Gasteiger partial charge < -0.3 is 5.32 Å². The number of amides is 1. The van der Waals surface area contributed by atoms with Crippen LogP contribution in [0.5, 0.6) is 0 Å². The Kier molecular flexibility index (Phi) is 5.19. The lowest BCUT2D eigenvalue weighted by Gasteiger charge is -2.34. The zero-order valence-corrected chi connectivity index (χ0v) is 12.3. The number of aromatic nitrogens is 2. The van der Waals surface area contributed by atoms with Crippen LogP contribution in [0.4, 0.5) is 0 Å². The minimum Gasteiger partial charge on any atom is -0.352 e. The summed E-state index contributed by atoms with van der Waals surface area (Å²) in [7, 11) is 0. The highest BCUT2D eigenvalue weighted by molar-refractivity contribution is 7.99. The van der Waals surface area contributed by atoms with Crippen molar-refractivity contribution in [3.63, 3.8) is 0 Å². The number of carbonyl (C=O) groups excluding carboxylic acids is 1. The molecular weight excluding hydrogens is 258 g/mol. The first kappa shape index (κ1) is 14.3. The van der Waals surface area contributed by atoms with Crippen LogP contribution in [-0.2, 0) is 4.79 Å². The Balaban J connectivity index is 1.78. The zero-order chi connectivity index (χ0) is 13.7. The Labute approximate surface area is 118 Å². The summed E-state index contributed by atoms with van der Waals surface area (Å²) in [6, 6.07) is 2.10. The van der Waals surface area contributed by atoms with Crippen LogP contribution in [0.2, 0.25) is 0 Å². The van der Waals surface area contributed by atoms with E-state index in [-0.39, 0.29) is 5.91 Å². The van der Waals surface area contributed by atoms with Gasteiger partial charge in [-0.1, -0.05) is 38.5 Å². The average Bonchev–Trinajstić information content (AvgIpc) is 2.43. The van der Waals surface area contributed by atoms with Crippen LogP contribution in [0.15, 0.2) is 23.6 Å². The van der Waals surface area contributed by atoms with E-state index in [2.05, 4.69) is 29.1 Å². The van der Waals surface area contributed by atoms with Crippen molar-refractivity contribution >= 4 is 17.7 Å². The van der Waals surface area contributed by atoms with Crippen molar-refractivity contribution in [2.45, 2.75) is 44.3 Å². The van der Waals surface area contributed by atoms with Gasteiger partial charge in [0.25, 0.3) is 0 Å².